The van der Waals surface area contributed by atoms with Gasteiger partial charge in [0, 0.05) is 0 Å². The summed E-state index contributed by atoms with van der Waals surface area (Å²) >= 11 is 0. The molecule has 0 unspecified atom stereocenters. The van der Waals surface area contributed by atoms with Crippen molar-refractivity contribution in [3.8, 4) is 0 Å². The maximum absolute atomic E-state index is 9.52. The van der Waals surface area contributed by atoms with Gasteiger partial charge in [0.1, 0.15) is 11.7 Å². The first-order chi connectivity index (χ1) is 4.68. The second-order valence-corrected chi connectivity index (χ2v) is 2.92. The summed E-state index contributed by atoms with van der Waals surface area (Å²) in [6.45, 7) is 2.24. The highest BCUT2D eigenvalue weighted by Gasteiger charge is 2.41. The minimum Gasteiger partial charge on any atom is -0.381 e. The smallest absolute Gasteiger partial charge is 0.190 e. The number of rotatable bonds is 0. The number of ether oxygens (including phenoxy) is 2. The third-order valence-electron chi connectivity index (χ3n) is 1.84. The number of fused-ring (bicyclic) bond motifs is 2. The van der Waals surface area contributed by atoms with Crippen LogP contribution >= 0.6 is 0 Å². The van der Waals surface area contributed by atoms with Crippen LogP contribution in [0, 0.1) is 0 Å². The molecule has 0 spiro atoms. The molecule has 0 amide bonds. The molecule has 3 atom stereocenters. The van der Waals surface area contributed by atoms with Crippen molar-refractivity contribution in [3.05, 3.63) is 12.2 Å². The van der Waals surface area contributed by atoms with Crippen LogP contribution in [-0.4, -0.2) is 29.7 Å². The third-order valence-corrected chi connectivity index (χ3v) is 1.84. The molecule has 2 aliphatic heterocycles. The monoisotopic (exact) mass is 142 g/mol. The number of hydrogen-bond acceptors (Lipinski definition) is 3. The molecule has 3 nitrogen and oxygen atoms in total. The minimum absolute atomic E-state index is 0.0604. The molecule has 10 heavy (non-hydrogen) atoms. The quantitative estimate of drug-likeness (QED) is 0.486. The summed E-state index contributed by atoms with van der Waals surface area (Å²) in [5, 5.41) is 9.52. The third kappa shape index (κ3) is 0.785. The highest BCUT2D eigenvalue weighted by Crippen LogP contribution is 2.28. The molecule has 2 aliphatic rings. The average Bonchev–Trinajstić information content (AvgIpc) is 2.26. The van der Waals surface area contributed by atoms with Gasteiger partial charge < -0.3 is 14.6 Å². The second kappa shape index (κ2) is 1.81. The summed E-state index contributed by atoms with van der Waals surface area (Å²) in [5.41, 5.74) is -0.938. The zero-order valence-corrected chi connectivity index (χ0v) is 5.78. The highest BCUT2D eigenvalue weighted by molar-refractivity contribution is 5.10. The Hall–Kier alpha value is -0.380. The van der Waals surface area contributed by atoms with Gasteiger partial charge in [0.15, 0.2) is 6.29 Å². The van der Waals surface area contributed by atoms with Gasteiger partial charge in [-0.15, -0.1) is 0 Å². The van der Waals surface area contributed by atoms with Gasteiger partial charge in [0.05, 0.1) is 6.61 Å². The van der Waals surface area contributed by atoms with Crippen LogP contribution in [0.25, 0.3) is 0 Å². The fraction of sp³-hybridized carbons (Fsp3) is 0.714. The van der Waals surface area contributed by atoms with Crippen LogP contribution < -0.4 is 0 Å². The van der Waals surface area contributed by atoms with Gasteiger partial charge in [-0.2, -0.15) is 0 Å². The Bertz CT molecular complexity index is 174. The van der Waals surface area contributed by atoms with E-state index < -0.39 is 11.9 Å². The summed E-state index contributed by atoms with van der Waals surface area (Å²) in [7, 11) is 0. The van der Waals surface area contributed by atoms with E-state index in [9.17, 15) is 5.11 Å². The topological polar surface area (TPSA) is 38.7 Å². The first kappa shape index (κ1) is 6.34. The van der Waals surface area contributed by atoms with E-state index in [1.54, 1.807) is 13.0 Å². The van der Waals surface area contributed by atoms with Gasteiger partial charge in [-0.05, 0) is 13.0 Å². The Morgan fingerprint density at radius 2 is 2.50 bits per heavy atom. The van der Waals surface area contributed by atoms with Gasteiger partial charge in [-0.1, -0.05) is 6.08 Å². The lowest BCUT2D eigenvalue weighted by Crippen LogP contribution is -2.40. The fourth-order valence-electron chi connectivity index (χ4n) is 1.21. The van der Waals surface area contributed by atoms with Crippen molar-refractivity contribution in [2.45, 2.75) is 24.9 Å². The maximum Gasteiger partial charge on any atom is 0.190 e. The van der Waals surface area contributed by atoms with E-state index >= 15 is 0 Å². The predicted molar refractivity (Wildman–Crippen MR) is 34.4 cm³/mol. The molecule has 0 radical (unpaired) electrons. The average molecular weight is 142 g/mol. The van der Waals surface area contributed by atoms with Crippen LogP contribution in [0.15, 0.2) is 12.2 Å². The largest absolute Gasteiger partial charge is 0.381 e. The number of aliphatic hydroxyl groups is 1. The second-order valence-electron chi connectivity index (χ2n) is 2.92. The Kier molecular flexibility index (Phi) is 1.15. The molecule has 2 bridgehead atoms. The molecule has 0 aliphatic carbocycles. The summed E-state index contributed by atoms with van der Waals surface area (Å²) in [6, 6.07) is 0. The van der Waals surface area contributed by atoms with Crippen LogP contribution in [0.5, 0.6) is 0 Å². The van der Waals surface area contributed by atoms with E-state index in [0.717, 1.165) is 0 Å². The van der Waals surface area contributed by atoms with E-state index in [1.165, 1.54) is 0 Å². The zero-order chi connectivity index (χ0) is 7.19. The first-order valence-corrected chi connectivity index (χ1v) is 3.37. The van der Waals surface area contributed by atoms with E-state index in [1.807, 2.05) is 6.08 Å². The minimum atomic E-state index is -0.938. The molecule has 2 heterocycles. The zero-order valence-electron chi connectivity index (χ0n) is 5.78. The Morgan fingerprint density at radius 3 is 3.20 bits per heavy atom. The molecular weight excluding hydrogens is 132 g/mol. The lowest BCUT2D eigenvalue weighted by molar-refractivity contribution is -0.161. The van der Waals surface area contributed by atoms with Crippen LogP contribution in [0.1, 0.15) is 6.92 Å². The molecule has 0 aromatic rings. The van der Waals surface area contributed by atoms with Crippen molar-refractivity contribution < 1.29 is 14.6 Å². The SMILES string of the molecule is C[C@]1(O)C=C[C@H]2CO[C@@H]1O2. The van der Waals surface area contributed by atoms with Crippen molar-refractivity contribution in [2.24, 2.45) is 0 Å². The molecule has 3 heteroatoms. The molecule has 56 valence electrons. The van der Waals surface area contributed by atoms with Gasteiger partial charge in [-0.25, -0.2) is 0 Å². The molecule has 2 rings (SSSR count). The van der Waals surface area contributed by atoms with E-state index in [-0.39, 0.29) is 6.10 Å². The van der Waals surface area contributed by atoms with Gasteiger partial charge in [-0.3, -0.25) is 0 Å². The van der Waals surface area contributed by atoms with Crippen LogP contribution in [-0.2, 0) is 9.47 Å². The van der Waals surface area contributed by atoms with E-state index in [2.05, 4.69) is 0 Å². The van der Waals surface area contributed by atoms with Crippen molar-refractivity contribution in [1.82, 2.24) is 0 Å². The lowest BCUT2D eigenvalue weighted by Gasteiger charge is -2.27. The summed E-state index contributed by atoms with van der Waals surface area (Å²) in [4.78, 5) is 0. The first-order valence-electron chi connectivity index (χ1n) is 3.37. The standard InChI is InChI=1S/C7H10O3/c1-7(8)3-2-5-4-9-6(7)10-5/h2-3,5-6,8H,4H2,1H3/t5-,6+,7-/m0/s1. The van der Waals surface area contributed by atoms with Crippen molar-refractivity contribution in [3.63, 3.8) is 0 Å². The van der Waals surface area contributed by atoms with E-state index in [0.29, 0.717) is 6.61 Å². The van der Waals surface area contributed by atoms with Crippen molar-refractivity contribution in [1.29, 1.82) is 0 Å². The van der Waals surface area contributed by atoms with Crippen LogP contribution in [0.3, 0.4) is 0 Å². The summed E-state index contributed by atoms with van der Waals surface area (Å²) < 4.78 is 10.4. The molecular formula is C7H10O3. The maximum atomic E-state index is 9.52. The normalized spacial score (nSPS) is 51.8. The Morgan fingerprint density at radius 1 is 1.70 bits per heavy atom. The Balaban J connectivity index is 2.27. The van der Waals surface area contributed by atoms with Crippen molar-refractivity contribution >= 4 is 0 Å². The highest BCUT2D eigenvalue weighted by atomic mass is 16.7. The number of hydrogen-bond donors (Lipinski definition) is 1. The van der Waals surface area contributed by atoms with Crippen LogP contribution in [0.2, 0.25) is 0 Å². The van der Waals surface area contributed by atoms with E-state index in [4.69, 9.17) is 9.47 Å². The van der Waals surface area contributed by atoms with Gasteiger partial charge in [0.25, 0.3) is 0 Å². The molecule has 1 N–H and O–H groups in total. The predicted octanol–water partition coefficient (Wildman–Crippen LogP) is 0.0487. The van der Waals surface area contributed by atoms with Gasteiger partial charge in [0.2, 0.25) is 0 Å². The molecule has 0 aromatic carbocycles. The van der Waals surface area contributed by atoms with Gasteiger partial charge >= 0.3 is 0 Å². The molecule has 0 saturated carbocycles. The fourth-order valence-corrected chi connectivity index (χ4v) is 1.21. The summed E-state index contributed by atoms with van der Waals surface area (Å²) in [6.07, 6.45) is 3.18. The summed E-state index contributed by atoms with van der Waals surface area (Å²) in [5.74, 6) is 0. The molecule has 1 fully saturated rings. The molecule has 0 aromatic heterocycles. The lowest BCUT2D eigenvalue weighted by atomic mass is 10.0. The van der Waals surface area contributed by atoms with Crippen LogP contribution in [0.4, 0.5) is 0 Å². The van der Waals surface area contributed by atoms with Crippen molar-refractivity contribution in [2.75, 3.05) is 6.61 Å². The molecule has 1 saturated heterocycles. The Labute approximate surface area is 59.2 Å².